The number of benzene rings is 2. The number of carbonyl (C=O) groups is 1. The number of halogens is 2. The Bertz CT molecular complexity index is 962. The highest BCUT2D eigenvalue weighted by molar-refractivity contribution is 5.70. The first-order valence-electron chi connectivity index (χ1n) is 8.50. The molecule has 4 nitrogen and oxygen atoms in total. The molecule has 6 heteroatoms. The van der Waals surface area contributed by atoms with Crippen molar-refractivity contribution in [3.05, 3.63) is 89.8 Å². The van der Waals surface area contributed by atoms with E-state index in [4.69, 9.17) is 4.74 Å². The number of hydrogen-bond acceptors (Lipinski definition) is 3. The molecule has 4 rings (SSSR count). The minimum atomic E-state index is -0.608. The van der Waals surface area contributed by atoms with E-state index >= 15 is 0 Å². The van der Waals surface area contributed by atoms with Gasteiger partial charge in [0.15, 0.2) is 0 Å². The van der Waals surface area contributed by atoms with E-state index in [1.807, 2.05) is 18.2 Å². The number of carbonyl (C=O) groups excluding carboxylic acids is 1. The second kappa shape index (κ2) is 7.15. The summed E-state index contributed by atoms with van der Waals surface area (Å²) in [5, 5.41) is 0. The van der Waals surface area contributed by atoms with Crippen LogP contribution in [0, 0.1) is 11.6 Å². The number of hydrogen-bond donors (Lipinski definition) is 0. The molecule has 3 aromatic rings. The van der Waals surface area contributed by atoms with E-state index in [9.17, 15) is 13.6 Å². The summed E-state index contributed by atoms with van der Waals surface area (Å²) in [6.07, 6.45) is 2.65. The molecule has 0 N–H and O–H groups in total. The number of ether oxygens (including phenoxy) is 1. The highest BCUT2D eigenvalue weighted by Gasteiger charge is 2.32. The SMILES string of the molecule is O=C1OC(c2cccnc2)CN1Cc1ccc(-c2ccc(F)cc2F)cc1. The van der Waals surface area contributed by atoms with Crippen molar-refractivity contribution < 1.29 is 18.3 Å². The molecule has 1 aromatic heterocycles. The van der Waals surface area contributed by atoms with Crippen LogP contribution in [0.5, 0.6) is 0 Å². The van der Waals surface area contributed by atoms with Crippen molar-refractivity contribution in [3.63, 3.8) is 0 Å². The second-order valence-corrected chi connectivity index (χ2v) is 6.36. The van der Waals surface area contributed by atoms with Crippen LogP contribution in [0.15, 0.2) is 67.0 Å². The fourth-order valence-electron chi connectivity index (χ4n) is 3.11. The zero-order chi connectivity index (χ0) is 18.8. The van der Waals surface area contributed by atoms with E-state index in [2.05, 4.69) is 4.98 Å². The van der Waals surface area contributed by atoms with Gasteiger partial charge in [-0.05, 0) is 29.3 Å². The average Bonchev–Trinajstić information content (AvgIpc) is 3.04. The monoisotopic (exact) mass is 366 g/mol. The zero-order valence-electron chi connectivity index (χ0n) is 14.3. The zero-order valence-corrected chi connectivity index (χ0v) is 14.3. The highest BCUT2D eigenvalue weighted by atomic mass is 19.1. The lowest BCUT2D eigenvalue weighted by Crippen LogP contribution is -2.23. The van der Waals surface area contributed by atoms with Crippen LogP contribution in [0.1, 0.15) is 17.2 Å². The smallest absolute Gasteiger partial charge is 0.410 e. The summed E-state index contributed by atoms with van der Waals surface area (Å²) in [5.41, 5.74) is 2.73. The quantitative estimate of drug-likeness (QED) is 0.671. The number of pyridine rings is 1. The normalized spacial score (nSPS) is 16.4. The molecule has 0 saturated carbocycles. The van der Waals surface area contributed by atoms with E-state index in [1.165, 1.54) is 12.1 Å². The van der Waals surface area contributed by atoms with E-state index in [0.717, 1.165) is 17.2 Å². The maximum Gasteiger partial charge on any atom is 0.410 e. The minimum Gasteiger partial charge on any atom is -0.439 e. The van der Waals surface area contributed by atoms with Crippen molar-refractivity contribution in [2.45, 2.75) is 12.6 Å². The molecule has 0 bridgehead atoms. The van der Waals surface area contributed by atoms with Crippen LogP contribution < -0.4 is 0 Å². The molecule has 1 unspecified atom stereocenters. The van der Waals surface area contributed by atoms with Gasteiger partial charge in [0.2, 0.25) is 0 Å². The second-order valence-electron chi connectivity index (χ2n) is 6.36. The lowest BCUT2D eigenvalue weighted by molar-refractivity contribution is 0.132. The van der Waals surface area contributed by atoms with Crippen LogP contribution in [0.2, 0.25) is 0 Å². The molecule has 1 amide bonds. The molecule has 1 atom stereocenters. The molecule has 2 heterocycles. The van der Waals surface area contributed by atoms with Gasteiger partial charge >= 0.3 is 6.09 Å². The van der Waals surface area contributed by atoms with Crippen LogP contribution in [0.3, 0.4) is 0 Å². The molecule has 27 heavy (non-hydrogen) atoms. The summed E-state index contributed by atoms with van der Waals surface area (Å²) in [5.74, 6) is -1.21. The Balaban J connectivity index is 1.46. The maximum atomic E-state index is 13.9. The Morgan fingerprint density at radius 1 is 1.11 bits per heavy atom. The standard InChI is InChI=1S/C21H16F2N2O2/c22-17-7-8-18(19(23)10-17)15-5-3-14(4-6-15)12-25-13-20(27-21(25)26)16-2-1-9-24-11-16/h1-11,20H,12-13H2. The number of aromatic nitrogens is 1. The van der Waals surface area contributed by atoms with Gasteiger partial charge in [-0.1, -0.05) is 30.3 Å². The van der Waals surface area contributed by atoms with Gasteiger partial charge in [-0.15, -0.1) is 0 Å². The first-order chi connectivity index (χ1) is 13.1. The average molecular weight is 366 g/mol. The Morgan fingerprint density at radius 3 is 2.63 bits per heavy atom. The van der Waals surface area contributed by atoms with Crippen LogP contribution in [0.25, 0.3) is 11.1 Å². The molecule has 1 saturated heterocycles. The number of rotatable bonds is 4. The molecule has 136 valence electrons. The van der Waals surface area contributed by atoms with Crippen LogP contribution >= 0.6 is 0 Å². The van der Waals surface area contributed by atoms with Crippen molar-refractivity contribution in [2.24, 2.45) is 0 Å². The van der Waals surface area contributed by atoms with Crippen molar-refractivity contribution in [3.8, 4) is 11.1 Å². The summed E-state index contributed by atoms with van der Waals surface area (Å²) in [6.45, 7) is 0.834. The number of nitrogens with zero attached hydrogens (tertiary/aromatic N) is 2. The Morgan fingerprint density at radius 2 is 1.93 bits per heavy atom. The third-order valence-corrected chi connectivity index (χ3v) is 4.51. The molecular formula is C21H16F2N2O2. The predicted octanol–water partition coefficient (Wildman–Crippen LogP) is 4.72. The Labute approximate surface area is 155 Å². The topological polar surface area (TPSA) is 42.4 Å². The molecular weight excluding hydrogens is 350 g/mol. The van der Waals surface area contributed by atoms with Crippen molar-refractivity contribution in [1.82, 2.24) is 9.88 Å². The first kappa shape index (κ1) is 17.1. The Kier molecular flexibility index (Phi) is 4.54. The molecule has 2 aromatic carbocycles. The molecule has 0 spiro atoms. The highest BCUT2D eigenvalue weighted by Crippen LogP contribution is 2.28. The molecule has 1 fully saturated rings. The summed E-state index contributed by atoms with van der Waals surface area (Å²) in [6, 6.07) is 14.3. The molecule has 1 aliphatic rings. The van der Waals surface area contributed by atoms with E-state index < -0.39 is 11.6 Å². The van der Waals surface area contributed by atoms with E-state index in [0.29, 0.717) is 24.2 Å². The van der Waals surface area contributed by atoms with Crippen molar-refractivity contribution in [2.75, 3.05) is 6.54 Å². The first-order valence-corrected chi connectivity index (χ1v) is 8.50. The fourth-order valence-corrected chi connectivity index (χ4v) is 3.11. The lowest BCUT2D eigenvalue weighted by Gasteiger charge is -2.13. The van der Waals surface area contributed by atoms with Gasteiger partial charge in [-0.2, -0.15) is 0 Å². The Hall–Kier alpha value is -3.28. The third-order valence-electron chi connectivity index (χ3n) is 4.51. The number of cyclic esters (lactones) is 1. The molecule has 0 aliphatic carbocycles. The van der Waals surface area contributed by atoms with Crippen molar-refractivity contribution in [1.29, 1.82) is 0 Å². The van der Waals surface area contributed by atoms with Gasteiger partial charge in [0, 0.05) is 36.1 Å². The van der Waals surface area contributed by atoms with Crippen LogP contribution in [-0.2, 0) is 11.3 Å². The summed E-state index contributed by atoms with van der Waals surface area (Å²) < 4.78 is 32.4. The molecule has 0 radical (unpaired) electrons. The minimum absolute atomic E-state index is 0.333. The van der Waals surface area contributed by atoms with Gasteiger partial charge in [0.1, 0.15) is 17.7 Å². The fraction of sp³-hybridized carbons (Fsp3) is 0.143. The third kappa shape index (κ3) is 3.65. The van der Waals surface area contributed by atoms with Gasteiger partial charge in [0.05, 0.1) is 6.54 Å². The van der Waals surface area contributed by atoms with Crippen LogP contribution in [-0.4, -0.2) is 22.5 Å². The summed E-state index contributed by atoms with van der Waals surface area (Å²) in [4.78, 5) is 17.8. The number of amides is 1. The largest absolute Gasteiger partial charge is 0.439 e. The van der Waals surface area contributed by atoms with Gasteiger partial charge in [-0.25, -0.2) is 13.6 Å². The van der Waals surface area contributed by atoms with Gasteiger partial charge < -0.3 is 4.74 Å². The lowest BCUT2D eigenvalue weighted by atomic mass is 10.0. The predicted molar refractivity (Wildman–Crippen MR) is 95.7 cm³/mol. The molecule has 1 aliphatic heterocycles. The van der Waals surface area contributed by atoms with E-state index in [-0.39, 0.29) is 12.2 Å². The van der Waals surface area contributed by atoms with Crippen LogP contribution in [0.4, 0.5) is 13.6 Å². The van der Waals surface area contributed by atoms with Gasteiger partial charge in [0.25, 0.3) is 0 Å². The van der Waals surface area contributed by atoms with Gasteiger partial charge in [-0.3, -0.25) is 9.88 Å². The summed E-state index contributed by atoms with van der Waals surface area (Å²) in [7, 11) is 0. The summed E-state index contributed by atoms with van der Waals surface area (Å²) >= 11 is 0. The van der Waals surface area contributed by atoms with E-state index in [1.54, 1.807) is 35.5 Å². The van der Waals surface area contributed by atoms with Crippen molar-refractivity contribution >= 4 is 6.09 Å². The maximum absolute atomic E-state index is 13.9.